The minimum absolute atomic E-state index is 0.115. The maximum absolute atomic E-state index is 12.4. The Balaban J connectivity index is 1.79. The molecule has 2 rings (SSSR count). The lowest BCUT2D eigenvalue weighted by atomic mass is 10.1. The molecule has 8 heteroatoms. The Morgan fingerprint density at radius 1 is 1.31 bits per heavy atom. The van der Waals surface area contributed by atoms with Crippen molar-refractivity contribution in [3.8, 4) is 0 Å². The summed E-state index contributed by atoms with van der Waals surface area (Å²) >= 11 is 6.09. The maximum atomic E-state index is 12.4. The number of hydrogen-bond acceptors (Lipinski definition) is 4. The summed E-state index contributed by atoms with van der Waals surface area (Å²) in [4.78, 5) is 39.6. The molecule has 1 fully saturated rings. The van der Waals surface area contributed by atoms with Gasteiger partial charge >= 0.3 is 6.03 Å². The molecule has 1 aromatic rings. The van der Waals surface area contributed by atoms with Gasteiger partial charge in [-0.1, -0.05) is 29.8 Å². The van der Waals surface area contributed by atoms with Gasteiger partial charge in [0.15, 0.2) is 0 Å². The number of carbonyl (C=O) groups is 3. The second-order valence-corrected chi connectivity index (χ2v) is 6.97. The fourth-order valence-electron chi connectivity index (χ4n) is 2.71. The van der Waals surface area contributed by atoms with Gasteiger partial charge in [-0.2, -0.15) is 0 Å². The minimum Gasteiger partial charge on any atom is -0.356 e. The van der Waals surface area contributed by atoms with E-state index in [4.69, 9.17) is 11.6 Å². The second-order valence-electron chi connectivity index (χ2n) is 6.56. The van der Waals surface area contributed by atoms with Crippen molar-refractivity contribution >= 4 is 29.4 Å². The average molecular weight is 381 g/mol. The smallest absolute Gasteiger partial charge is 0.325 e. The summed E-state index contributed by atoms with van der Waals surface area (Å²) in [6.45, 7) is 1.62. The van der Waals surface area contributed by atoms with Crippen molar-refractivity contribution in [2.24, 2.45) is 0 Å². The molecule has 0 saturated carbocycles. The lowest BCUT2D eigenvalue weighted by molar-refractivity contribution is -0.128. The molecule has 7 nitrogen and oxygen atoms in total. The van der Waals surface area contributed by atoms with Crippen LogP contribution in [-0.2, 0) is 16.1 Å². The third-order valence-corrected chi connectivity index (χ3v) is 4.53. The van der Waals surface area contributed by atoms with Crippen molar-refractivity contribution in [3.63, 3.8) is 0 Å². The molecular formula is C18H25ClN4O3. The predicted molar refractivity (Wildman–Crippen MR) is 99.7 cm³/mol. The highest BCUT2D eigenvalue weighted by Gasteiger charge is 2.37. The third-order valence-electron chi connectivity index (χ3n) is 4.16. The molecule has 1 atom stereocenters. The van der Waals surface area contributed by atoms with E-state index >= 15 is 0 Å². The lowest BCUT2D eigenvalue weighted by Gasteiger charge is -2.14. The number of rotatable bonds is 9. The van der Waals surface area contributed by atoms with Gasteiger partial charge in [0, 0.05) is 18.0 Å². The Hall–Kier alpha value is -2.12. The molecule has 26 heavy (non-hydrogen) atoms. The Bertz CT molecular complexity index is 666. The van der Waals surface area contributed by atoms with Gasteiger partial charge in [-0.15, -0.1) is 0 Å². The van der Waals surface area contributed by atoms with Crippen molar-refractivity contribution in [2.75, 3.05) is 27.2 Å². The fourth-order valence-corrected chi connectivity index (χ4v) is 2.90. The molecular weight excluding hydrogens is 356 g/mol. The van der Waals surface area contributed by atoms with Gasteiger partial charge in [0.2, 0.25) is 5.91 Å². The van der Waals surface area contributed by atoms with E-state index in [2.05, 4.69) is 10.6 Å². The largest absolute Gasteiger partial charge is 0.356 e. The molecule has 142 valence electrons. The Morgan fingerprint density at radius 3 is 2.73 bits per heavy atom. The SMILES string of the molecule is CN(C)CCCNC(=O)CCC1NC(=O)N(Cc2ccccc2Cl)C1=O. The van der Waals surface area contributed by atoms with Crippen LogP contribution >= 0.6 is 11.6 Å². The Labute approximate surface area is 158 Å². The van der Waals surface area contributed by atoms with Crippen LogP contribution in [-0.4, -0.2) is 60.9 Å². The van der Waals surface area contributed by atoms with Crippen LogP contribution in [0.5, 0.6) is 0 Å². The van der Waals surface area contributed by atoms with Gasteiger partial charge in [-0.05, 0) is 45.1 Å². The van der Waals surface area contributed by atoms with Crippen LogP contribution in [0.2, 0.25) is 5.02 Å². The standard InChI is InChI=1S/C18H25ClN4O3/c1-22(2)11-5-10-20-16(24)9-8-15-17(25)23(18(26)21-15)12-13-6-3-4-7-14(13)19/h3-4,6-7,15H,5,8-12H2,1-2H3,(H,20,24)(H,21,26). The summed E-state index contributed by atoms with van der Waals surface area (Å²) < 4.78 is 0. The zero-order valence-electron chi connectivity index (χ0n) is 15.1. The molecule has 0 aromatic heterocycles. The number of nitrogens with one attached hydrogen (secondary N) is 2. The first kappa shape index (κ1) is 20.2. The zero-order chi connectivity index (χ0) is 19.1. The van der Waals surface area contributed by atoms with Gasteiger partial charge in [0.25, 0.3) is 5.91 Å². The number of imide groups is 1. The van der Waals surface area contributed by atoms with Crippen molar-refractivity contribution < 1.29 is 14.4 Å². The summed E-state index contributed by atoms with van der Waals surface area (Å²) in [7, 11) is 3.95. The van der Waals surface area contributed by atoms with Crippen molar-refractivity contribution in [2.45, 2.75) is 31.8 Å². The van der Waals surface area contributed by atoms with Crippen LogP contribution in [0.3, 0.4) is 0 Å². The number of carbonyl (C=O) groups excluding carboxylic acids is 3. The normalized spacial score (nSPS) is 16.9. The van der Waals surface area contributed by atoms with E-state index in [1.165, 1.54) is 0 Å². The van der Waals surface area contributed by atoms with E-state index in [0.29, 0.717) is 17.1 Å². The molecule has 0 radical (unpaired) electrons. The third kappa shape index (κ3) is 5.71. The molecule has 2 N–H and O–H groups in total. The molecule has 1 aliphatic heterocycles. The van der Waals surface area contributed by atoms with E-state index < -0.39 is 12.1 Å². The van der Waals surface area contributed by atoms with Crippen LogP contribution in [0.15, 0.2) is 24.3 Å². The van der Waals surface area contributed by atoms with Gasteiger partial charge in [-0.25, -0.2) is 4.79 Å². The summed E-state index contributed by atoms with van der Waals surface area (Å²) in [5.41, 5.74) is 0.706. The zero-order valence-corrected chi connectivity index (χ0v) is 15.9. The van der Waals surface area contributed by atoms with Crippen molar-refractivity contribution in [3.05, 3.63) is 34.9 Å². The first-order chi connectivity index (χ1) is 12.4. The van der Waals surface area contributed by atoms with Crippen molar-refractivity contribution in [1.82, 2.24) is 20.4 Å². The molecule has 0 aliphatic carbocycles. The van der Waals surface area contributed by atoms with E-state index in [1.807, 2.05) is 19.0 Å². The van der Waals surface area contributed by atoms with Crippen LogP contribution in [0.4, 0.5) is 4.79 Å². The number of hydrogen-bond donors (Lipinski definition) is 2. The summed E-state index contributed by atoms with van der Waals surface area (Å²) in [5, 5.41) is 5.97. The Kier molecular flexibility index (Phi) is 7.41. The molecule has 1 aromatic carbocycles. The van der Waals surface area contributed by atoms with Crippen LogP contribution in [0, 0.1) is 0 Å². The number of amides is 4. The predicted octanol–water partition coefficient (Wildman–Crippen LogP) is 1.61. The highest BCUT2D eigenvalue weighted by Crippen LogP contribution is 2.20. The Morgan fingerprint density at radius 2 is 2.04 bits per heavy atom. The summed E-state index contributed by atoms with van der Waals surface area (Å²) in [6, 6.07) is 5.96. The van der Waals surface area contributed by atoms with Gasteiger partial charge < -0.3 is 15.5 Å². The average Bonchev–Trinajstić information content (AvgIpc) is 2.86. The number of benzene rings is 1. The van der Waals surface area contributed by atoms with Gasteiger partial charge in [-0.3, -0.25) is 14.5 Å². The minimum atomic E-state index is -0.669. The molecule has 1 aliphatic rings. The number of halogens is 1. The highest BCUT2D eigenvalue weighted by atomic mass is 35.5. The van der Waals surface area contributed by atoms with Gasteiger partial charge in [0.05, 0.1) is 6.54 Å². The molecule has 0 bridgehead atoms. The maximum Gasteiger partial charge on any atom is 0.325 e. The first-order valence-corrected chi connectivity index (χ1v) is 9.03. The van der Waals surface area contributed by atoms with Crippen LogP contribution in [0.1, 0.15) is 24.8 Å². The topological polar surface area (TPSA) is 81.8 Å². The number of urea groups is 1. The quantitative estimate of drug-likeness (QED) is 0.503. The van der Waals surface area contributed by atoms with E-state index in [-0.39, 0.29) is 31.2 Å². The van der Waals surface area contributed by atoms with Crippen LogP contribution in [0.25, 0.3) is 0 Å². The molecule has 1 saturated heterocycles. The van der Waals surface area contributed by atoms with E-state index in [0.717, 1.165) is 17.9 Å². The first-order valence-electron chi connectivity index (χ1n) is 8.65. The van der Waals surface area contributed by atoms with Crippen LogP contribution < -0.4 is 10.6 Å². The second kappa shape index (κ2) is 9.54. The lowest BCUT2D eigenvalue weighted by Crippen LogP contribution is -2.33. The summed E-state index contributed by atoms with van der Waals surface area (Å²) in [5.74, 6) is -0.439. The van der Waals surface area contributed by atoms with E-state index in [9.17, 15) is 14.4 Å². The molecule has 0 spiro atoms. The fraction of sp³-hybridized carbons (Fsp3) is 0.500. The van der Waals surface area contributed by atoms with Gasteiger partial charge in [0.1, 0.15) is 6.04 Å². The van der Waals surface area contributed by atoms with E-state index in [1.54, 1.807) is 24.3 Å². The highest BCUT2D eigenvalue weighted by molar-refractivity contribution is 6.31. The molecule has 4 amide bonds. The summed E-state index contributed by atoms with van der Waals surface area (Å²) in [6.07, 6.45) is 1.34. The van der Waals surface area contributed by atoms with Crippen molar-refractivity contribution in [1.29, 1.82) is 0 Å². The monoisotopic (exact) mass is 380 g/mol. The molecule has 1 heterocycles. The number of nitrogens with zero attached hydrogens (tertiary/aromatic N) is 2. The molecule has 1 unspecified atom stereocenters.